The zero-order valence-electron chi connectivity index (χ0n) is 14.2. The van der Waals surface area contributed by atoms with Crippen LogP contribution in [-0.2, 0) is 10.0 Å². The van der Waals surface area contributed by atoms with E-state index in [0.29, 0.717) is 0 Å². The second-order valence-corrected chi connectivity index (χ2v) is 9.14. The summed E-state index contributed by atoms with van der Waals surface area (Å²) in [6.45, 7) is -0.672. The van der Waals surface area contributed by atoms with Crippen LogP contribution in [0.25, 0.3) is 0 Å². The number of rotatable bonds is 4. The van der Waals surface area contributed by atoms with E-state index >= 15 is 0 Å². The van der Waals surface area contributed by atoms with Crippen LogP contribution >= 0.6 is 11.3 Å². The Morgan fingerprint density at radius 1 is 1.14 bits per heavy atom. The quantitative estimate of drug-likeness (QED) is 0.584. The minimum Gasteiger partial charge on any atom is -0.313 e. The maximum Gasteiger partial charge on any atom is 0.412 e. The summed E-state index contributed by atoms with van der Waals surface area (Å²) in [4.78, 5) is 12.1. The first-order valence-corrected chi connectivity index (χ1v) is 10.3. The number of carbonyl (C=O) groups excluding carboxylic acids is 1. The number of alkyl halides is 3. The van der Waals surface area contributed by atoms with Crippen molar-refractivity contribution < 1.29 is 30.8 Å². The molecule has 0 radical (unpaired) electrons. The minimum atomic E-state index is -4.47. The van der Waals surface area contributed by atoms with E-state index in [0.717, 1.165) is 27.8 Å². The van der Waals surface area contributed by atoms with Crippen LogP contribution in [0.5, 0.6) is 0 Å². The Morgan fingerprint density at radius 3 is 2.46 bits per heavy atom. The molecule has 0 saturated carbocycles. The number of anilines is 1. The lowest BCUT2D eigenvalue weighted by atomic mass is 10.1. The Balaban J connectivity index is 1.74. The number of nitrogens with one attached hydrogen (secondary N) is 1. The van der Waals surface area contributed by atoms with Crippen molar-refractivity contribution in [2.75, 3.05) is 18.4 Å². The molecule has 1 aliphatic rings. The number of benzene rings is 1. The molecule has 150 valence electrons. The van der Waals surface area contributed by atoms with Gasteiger partial charge < -0.3 is 5.32 Å². The largest absolute Gasteiger partial charge is 0.412 e. The maximum atomic E-state index is 13.7. The van der Waals surface area contributed by atoms with Crippen molar-refractivity contribution in [1.29, 1.82) is 0 Å². The van der Waals surface area contributed by atoms with E-state index < -0.39 is 39.9 Å². The standard InChI is InChI=1S/C17H14F4N2O3S2/c18-13-4-2-1-3-12(13)16(24)22-14-5-6-15(27-14)28(25,26)23-9-7-11(8-10-23)17(19,20)21/h1-7H,8-10H2,(H,22,24). The average molecular weight is 434 g/mol. The van der Waals surface area contributed by atoms with Crippen LogP contribution < -0.4 is 5.32 Å². The summed E-state index contributed by atoms with van der Waals surface area (Å²) < 4.78 is 77.7. The van der Waals surface area contributed by atoms with E-state index in [2.05, 4.69) is 5.32 Å². The molecule has 0 fully saturated rings. The van der Waals surface area contributed by atoms with E-state index in [1.807, 2.05) is 0 Å². The zero-order valence-corrected chi connectivity index (χ0v) is 15.8. The molecule has 0 aliphatic carbocycles. The van der Waals surface area contributed by atoms with Crippen LogP contribution in [0.3, 0.4) is 0 Å². The Labute approximate surface area is 162 Å². The van der Waals surface area contributed by atoms with Crippen molar-refractivity contribution in [3.05, 3.63) is 59.4 Å². The summed E-state index contributed by atoms with van der Waals surface area (Å²) in [7, 11) is -4.00. The summed E-state index contributed by atoms with van der Waals surface area (Å²) in [6.07, 6.45) is -4.04. The third-order valence-corrected chi connectivity index (χ3v) is 7.40. The predicted molar refractivity (Wildman–Crippen MR) is 96.2 cm³/mol. The first kappa shape index (κ1) is 20.5. The molecule has 2 aromatic rings. The normalized spacial score (nSPS) is 15.9. The highest BCUT2D eigenvalue weighted by Gasteiger charge is 2.37. The van der Waals surface area contributed by atoms with Crippen molar-refractivity contribution in [2.24, 2.45) is 0 Å². The van der Waals surface area contributed by atoms with Gasteiger partial charge in [-0.05, 0) is 30.7 Å². The molecule has 1 aromatic carbocycles. The fourth-order valence-corrected chi connectivity index (χ4v) is 5.34. The third-order valence-electron chi connectivity index (χ3n) is 4.07. The van der Waals surface area contributed by atoms with Gasteiger partial charge in [0.15, 0.2) is 0 Å². The summed E-state index contributed by atoms with van der Waals surface area (Å²) in [6, 6.07) is 7.92. The molecule has 0 atom stereocenters. The van der Waals surface area contributed by atoms with Crippen molar-refractivity contribution in [2.45, 2.75) is 16.8 Å². The number of hydrogen-bond donors (Lipinski definition) is 1. The van der Waals surface area contributed by atoms with Gasteiger partial charge in [0.05, 0.1) is 10.6 Å². The van der Waals surface area contributed by atoms with Gasteiger partial charge in [0.2, 0.25) is 0 Å². The smallest absolute Gasteiger partial charge is 0.313 e. The molecule has 1 N–H and O–H groups in total. The number of hydrogen-bond acceptors (Lipinski definition) is 4. The highest BCUT2D eigenvalue weighted by Crippen LogP contribution is 2.34. The lowest BCUT2D eigenvalue weighted by Crippen LogP contribution is -2.36. The van der Waals surface area contributed by atoms with E-state index in [1.165, 1.54) is 30.3 Å². The second kappa shape index (κ2) is 7.64. The first-order valence-electron chi connectivity index (χ1n) is 8.01. The Bertz CT molecular complexity index is 1030. The Kier molecular flexibility index (Phi) is 5.60. The zero-order chi connectivity index (χ0) is 20.5. The van der Waals surface area contributed by atoms with Crippen LogP contribution in [0.15, 0.2) is 52.3 Å². The highest BCUT2D eigenvalue weighted by molar-refractivity contribution is 7.91. The summed E-state index contributed by atoms with van der Waals surface area (Å²) >= 11 is 0.742. The van der Waals surface area contributed by atoms with E-state index in [9.17, 15) is 30.8 Å². The summed E-state index contributed by atoms with van der Waals surface area (Å²) in [5.41, 5.74) is -0.941. The molecule has 0 bridgehead atoms. The molecule has 1 aromatic heterocycles. The fourth-order valence-electron chi connectivity index (χ4n) is 2.60. The van der Waals surface area contributed by atoms with E-state index in [4.69, 9.17) is 0 Å². The topological polar surface area (TPSA) is 66.5 Å². The summed E-state index contributed by atoms with van der Waals surface area (Å²) in [5, 5.41) is 2.59. The predicted octanol–water partition coefficient (Wildman–Crippen LogP) is 4.02. The SMILES string of the molecule is O=C(Nc1ccc(S(=O)(=O)N2CC=C(C(F)(F)F)CC2)s1)c1ccccc1F. The molecule has 1 amide bonds. The van der Waals surface area contributed by atoms with E-state index in [1.54, 1.807) is 0 Å². The molecule has 0 unspecified atom stereocenters. The lowest BCUT2D eigenvalue weighted by molar-refractivity contribution is -0.0953. The molecular formula is C17H14F4N2O3S2. The molecule has 0 spiro atoms. The van der Waals surface area contributed by atoms with Crippen LogP contribution in [0.4, 0.5) is 22.6 Å². The lowest BCUT2D eigenvalue weighted by Gasteiger charge is -2.26. The molecular weight excluding hydrogens is 420 g/mol. The van der Waals surface area contributed by atoms with Crippen molar-refractivity contribution >= 4 is 32.3 Å². The van der Waals surface area contributed by atoms with Crippen LogP contribution in [0, 0.1) is 5.82 Å². The van der Waals surface area contributed by atoms with Gasteiger partial charge in [-0.15, -0.1) is 11.3 Å². The average Bonchev–Trinajstić information content (AvgIpc) is 3.10. The van der Waals surface area contributed by atoms with Gasteiger partial charge in [-0.3, -0.25) is 4.79 Å². The molecule has 1 aliphatic heterocycles. The monoisotopic (exact) mass is 434 g/mol. The Hall–Kier alpha value is -2.24. The number of halogens is 4. The fraction of sp³-hybridized carbons (Fsp3) is 0.235. The molecule has 0 saturated heterocycles. The third kappa shape index (κ3) is 4.26. The number of carbonyl (C=O) groups is 1. The van der Waals surface area contributed by atoms with Crippen LogP contribution in [-0.4, -0.2) is 37.9 Å². The minimum absolute atomic E-state index is 0.125. The number of amides is 1. The van der Waals surface area contributed by atoms with Crippen molar-refractivity contribution in [3.63, 3.8) is 0 Å². The van der Waals surface area contributed by atoms with Gasteiger partial charge in [0, 0.05) is 18.7 Å². The molecule has 11 heteroatoms. The van der Waals surface area contributed by atoms with Gasteiger partial charge in [-0.25, -0.2) is 12.8 Å². The van der Waals surface area contributed by atoms with Gasteiger partial charge in [-0.1, -0.05) is 18.2 Å². The first-order chi connectivity index (χ1) is 13.1. The maximum absolute atomic E-state index is 13.7. The van der Waals surface area contributed by atoms with Crippen LogP contribution in [0.2, 0.25) is 0 Å². The van der Waals surface area contributed by atoms with Gasteiger partial charge in [0.1, 0.15) is 10.0 Å². The second-order valence-electron chi connectivity index (χ2n) is 5.89. The van der Waals surface area contributed by atoms with Crippen LogP contribution in [0.1, 0.15) is 16.8 Å². The van der Waals surface area contributed by atoms with E-state index in [-0.39, 0.29) is 27.9 Å². The summed E-state index contributed by atoms with van der Waals surface area (Å²) in [5.74, 6) is -1.45. The number of nitrogens with zero attached hydrogens (tertiary/aromatic N) is 1. The number of sulfonamides is 1. The van der Waals surface area contributed by atoms with Crippen molar-refractivity contribution in [1.82, 2.24) is 4.31 Å². The molecule has 28 heavy (non-hydrogen) atoms. The Morgan fingerprint density at radius 2 is 1.86 bits per heavy atom. The molecule has 5 nitrogen and oxygen atoms in total. The highest BCUT2D eigenvalue weighted by atomic mass is 32.2. The van der Waals surface area contributed by atoms with Crippen molar-refractivity contribution in [3.8, 4) is 0 Å². The molecule has 3 rings (SSSR count). The van der Waals surface area contributed by atoms with Gasteiger partial charge in [0.25, 0.3) is 15.9 Å². The van der Waals surface area contributed by atoms with Gasteiger partial charge in [-0.2, -0.15) is 17.5 Å². The van der Waals surface area contributed by atoms with Gasteiger partial charge >= 0.3 is 6.18 Å². The number of thiophene rings is 1. The molecule has 2 heterocycles.